The van der Waals surface area contributed by atoms with E-state index >= 15 is 0 Å². The number of para-hydroxylation sites is 1. The molecule has 130 valence electrons. The Morgan fingerprint density at radius 3 is 2.52 bits per heavy atom. The van der Waals surface area contributed by atoms with E-state index in [-0.39, 0.29) is 5.82 Å². The Bertz CT molecular complexity index is 848. The van der Waals surface area contributed by atoms with Crippen molar-refractivity contribution in [1.82, 2.24) is 9.88 Å². The zero-order chi connectivity index (χ0) is 17.2. The summed E-state index contributed by atoms with van der Waals surface area (Å²) in [6.45, 7) is 7.37. The third-order valence-electron chi connectivity index (χ3n) is 5.25. The molecule has 1 aliphatic heterocycles. The molecular formula is C21H24FN3. The zero-order valence-electron chi connectivity index (χ0n) is 14.6. The molecule has 1 aliphatic rings. The molecule has 0 unspecified atom stereocenters. The monoisotopic (exact) mass is 337 g/mol. The van der Waals surface area contributed by atoms with Crippen LogP contribution in [0.4, 0.5) is 10.1 Å². The maximum Gasteiger partial charge on any atom is 0.123 e. The van der Waals surface area contributed by atoms with Crippen molar-refractivity contribution in [3.05, 3.63) is 65.6 Å². The van der Waals surface area contributed by atoms with Crippen molar-refractivity contribution < 1.29 is 4.39 Å². The molecule has 2 aromatic carbocycles. The molecular weight excluding hydrogens is 313 g/mol. The van der Waals surface area contributed by atoms with Crippen molar-refractivity contribution >= 4 is 16.6 Å². The van der Waals surface area contributed by atoms with Gasteiger partial charge in [0.2, 0.25) is 0 Å². The van der Waals surface area contributed by atoms with Crippen molar-refractivity contribution in [3.8, 4) is 0 Å². The second-order valence-electron chi connectivity index (χ2n) is 6.83. The first kappa shape index (κ1) is 16.2. The van der Waals surface area contributed by atoms with Gasteiger partial charge in [0.1, 0.15) is 5.82 Å². The first-order valence-electron chi connectivity index (χ1n) is 9.00. The lowest BCUT2D eigenvalue weighted by atomic mass is 10.1. The molecule has 0 radical (unpaired) electrons. The van der Waals surface area contributed by atoms with Crippen LogP contribution in [-0.4, -0.2) is 42.6 Å². The number of aromatic amines is 1. The number of nitrogens with zero attached hydrogens (tertiary/aromatic N) is 2. The SMILES string of the molecule is Cc1[nH]c2ccc(F)cc2c1CCN1CCN(c2ccccc2)CC1. The van der Waals surface area contributed by atoms with Crippen molar-refractivity contribution in [2.75, 3.05) is 37.6 Å². The predicted molar refractivity (Wildman–Crippen MR) is 102 cm³/mol. The summed E-state index contributed by atoms with van der Waals surface area (Å²) in [6, 6.07) is 15.6. The number of aromatic nitrogens is 1. The topological polar surface area (TPSA) is 22.3 Å². The first-order valence-corrected chi connectivity index (χ1v) is 9.00. The Labute approximate surface area is 148 Å². The van der Waals surface area contributed by atoms with E-state index < -0.39 is 0 Å². The summed E-state index contributed by atoms with van der Waals surface area (Å²) < 4.78 is 13.6. The average Bonchev–Trinajstić information content (AvgIpc) is 2.96. The number of fused-ring (bicyclic) bond motifs is 1. The molecule has 3 aromatic rings. The molecule has 0 spiro atoms. The van der Waals surface area contributed by atoms with Gasteiger partial charge < -0.3 is 9.88 Å². The van der Waals surface area contributed by atoms with Crippen molar-refractivity contribution in [2.24, 2.45) is 0 Å². The number of benzene rings is 2. The van der Waals surface area contributed by atoms with Gasteiger partial charge in [0.25, 0.3) is 0 Å². The van der Waals surface area contributed by atoms with Crippen LogP contribution >= 0.6 is 0 Å². The molecule has 3 nitrogen and oxygen atoms in total. The van der Waals surface area contributed by atoms with Gasteiger partial charge in [-0.05, 0) is 49.2 Å². The molecule has 0 aliphatic carbocycles. The Hall–Kier alpha value is -2.33. The van der Waals surface area contributed by atoms with Crippen LogP contribution in [0.3, 0.4) is 0 Å². The molecule has 1 saturated heterocycles. The molecule has 25 heavy (non-hydrogen) atoms. The van der Waals surface area contributed by atoms with Crippen LogP contribution in [0, 0.1) is 12.7 Å². The maximum absolute atomic E-state index is 13.6. The number of halogens is 1. The smallest absolute Gasteiger partial charge is 0.123 e. The molecule has 2 heterocycles. The van der Waals surface area contributed by atoms with E-state index in [2.05, 4.69) is 52.0 Å². The van der Waals surface area contributed by atoms with Crippen LogP contribution in [0.25, 0.3) is 10.9 Å². The van der Waals surface area contributed by atoms with E-state index in [0.29, 0.717) is 0 Å². The van der Waals surface area contributed by atoms with Gasteiger partial charge >= 0.3 is 0 Å². The Morgan fingerprint density at radius 2 is 1.76 bits per heavy atom. The lowest BCUT2D eigenvalue weighted by Gasteiger charge is -2.36. The largest absolute Gasteiger partial charge is 0.369 e. The summed E-state index contributed by atoms with van der Waals surface area (Å²) in [4.78, 5) is 8.34. The van der Waals surface area contributed by atoms with Crippen LogP contribution in [0.15, 0.2) is 48.5 Å². The van der Waals surface area contributed by atoms with Crippen LogP contribution in [-0.2, 0) is 6.42 Å². The third-order valence-corrected chi connectivity index (χ3v) is 5.25. The second kappa shape index (κ2) is 6.89. The minimum Gasteiger partial charge on any atom is -0.369 e. The zero-order valence-corrected chi connectivity index (χ0v) is 14.6. The average molecular weight is 337 g/mol. The second-order valence-corrected chi connectivity index (χ2v) is 6.83. The molecule has 0 atom stereocenters. The minimum atomic E-state index is -0.163. The van der Waals surface area contributed by atoms with Gasteiger partial charge in [-0.2, -0.15) is 0 Å². The molecule has 1 N–H and O–H groups in total. The van der Waals surface area contributed by atoms with Gasteiger partial charge in [-0.1, -0.05) is 18.2 Å². The lowest BCUT2D eigenvalue weighted by molar-refractivity contribution is 0.261. The molecule has 1 aromatic heterocycles. The van der Waals surface area contributed by atoms with Gasteiger partial charge in [-0.25, -0.2) is 4.39 Å². The van der Waals surface area contributed by atoms with Crippen LogP contribution < -0.4 is 4.90 Å². The van der Waals surface area contributed by atoms with Crippen molar-refractivity contribution in [1.29, 1.82) is 0 Å². The number of nitrogens with one attached hydrogen (secondary N) is 1. The third kappa shape index (κ3) is 3.40. The number of hydrogen-bond acceptors (Lipinski definition) is 2. The Morgan fingerprint density at radius 1 is 1.00 bits per heavy atom. The van der Waals surface area contributed by atoms with Crippen molar-refractivity contribution in [3.63, 3.8) is 0 Å². The fraction of sp³-hybridized carbons (Fsp3) is 0.333. The standard InChI is InChI=1S/C21H24FN3/c1-16-19(20-15-17(22)7-8-21(20)23-16)9-10-24-11-13-25(14-12-24)18-5-3-2-4-6-18/h2-8,15,23H,9-14H2,1H3. The predicted octanol–water partition coefficient (Wildman–Crippen LogP) is 3.98. The Kier molecular flexibility index (Phi) is 4.45. The molecule has 4 heteroatoms. The van der Waals surface area contributed by atoms with Crippen LogP contribution in [0.2, 0.25) is 0 Å². The van der Waals surface area contributed by atoms with Crippen molar-refractivity contribution in [2.45, 2.75) is 13.3 Å². The van der Waals surface area contributed by atoms with Gasteiger partial charge in [-0.15, -0.1) is 0 Å². The van der Waals surface area contributed by atoms with E-state index in [1.807, 2.05) is 6.07 Å². The molecule has 0 amide bonds. The number of piperazine rings is 1. The molecule has 0 bridgehead atoms. The number of rotatable bonds is 4. The maximum atomic E-state index is 13.6. The van der Waals surface area contributed by atoms with Gasteiger partial charge in [-0.3, -0.25) is 4.90 Å². The number of H-pyrrole nitrogens is 1. The van der Waals surface area contributed by atoms with E-state index in [1.54, 1.807) is 6.07 Å². The van der Waals surface area contributed by atoms with E-state index in [1.165, 1.54) is 17.3 Å². The van der Waals surface area contributed by atoms with Gasteiger partial charge in [0.15, 0.2) is 0 Å². The highest BCUT2D eigenvalue weighted by Crippen LogP contribution is 2.24. The highest BCUT2D eigenvalue weighted by molar-refractivity contribution is 5.84. The van der Waals surface area contributed by atoms with E-state index in [9.17, 15) is 4.39 Å². The van der Waals surface area contributed by atoms with Crippen LogP contribution in [0.1, 0.15) is 11.3 Å². The fourth-order valence-electron chi connectivity index (χ4n) is 3.82. The molecule has 1 fully saturated rings. The quantitative estimate of drug-likeness (QED) is 0.778. The summed E-state index contributed by atoms with van der Waals surface area (Å²) in [5.74, 6) is -0.163. The number of anilines is 1. The highest BCUT2D eigenvalue weighted by atomic mass is 19.1. The minimum absolute atomic E-state index is 0.163. The Balaban J connectivity index is 1.39. The summed E-state index contributed by atoms with van der Waals surface area (Å²) >= 11 is 0. The molecule has 0 saturated carbocycles. The summed E-state index contributed by atoms with van der Waals surface area (Å²) in [5.41, 5.74) is 4.75. The van der Waals surface area contributed by atoms with Gasteiger partial charge in [0.05, 0.1) is 0 Å². The summed E-state index contributed by atoms with van der Waals surface area (Å²) in [5, 5.41) is 1.03. The fourth-order valence-corrected chi connectivity index (χ4v) is 3.82. The lowest BCUT2D eigenvalue weighted by Crippen LogP contribution is -2.47. The molecule has 4 rings (SSSR count). The highest BCUT2D eigenvalue weighted by Gasteiger charge is 2.18. The van der Waals surface area contributed by atoms with E-state index in [4.69, 9.17) is 0 Å². The van der Waals surface area contributed by atoms with E-state index in [0.717, 1.165) is 55.7 Å². The number of aryl methyl sites for hydroxylation is 1. The van der Waals surface area contributed by atoms with Gasteiger partial charge in [0, 0.05) is 55.0 Å². The summed E-state index contributed by atoms with van der Waals surface area (Å²) in [6.07, 6.45) is 0.959. The number of hydrogen-bond donors (Lipinski definition) is 1. The van der Waals surface area contributed by atoms with Crippen LogP contribution in [0.5, 0.6) is 0 Å². The summed E-state index contributed by atoms with van der Waals surface area (Å²) in [7, 11) is 0. The first-order chi connectivity index (χ1) is 12.2. The normalized spacial score (nSPS) is 15.8.